The van der Waals surface area contributed by atoms with Gasteiger partial charge in [0.05, 0.1) is 12.4 Å². The van der Waals surface area contributed by atoms with Crippen LogP contribution in [0.2, 0.25) is 0 Å². The zero-order chi connectivity index (χ0) is 17.0. The molecule has 0 spiro atoms. The van der Waals surface area contributed by atoms with Crippen molar-refractivity contribution >= 4 is 10.0 Å². The molecule has 0 aliphatic carbocycles. The van der Waals surface area contributed by atoms with Gasteiger partial charge in [-0.2, -0.15) is 0 Å². The lowest BCUT2D eigenvalue weighted by Gasteiger charge is -2.17. The molecule has 3 rings (SSSR count). The average molecular weight is 345 g/mol. The first-order valence-electron chi connectivity index (χ1n) is 8.26. The van der Waals surface area contributed by atoms with Gasteiger partial charge >= 0.3 is 0 Å². The normalized spacial score (nSPS) is 19.3. The molecule has 4 nitrogen and oxygen atoms in total. The molecular weight excluding hydrogens is 322 g/mol. The van der Waals surface area contributed by atoms with Crippen molar-refractivity contribution in [1.82, 2.24) is 4.72 Å². The van der Waals surface area contributed by atoms with Crippen molar-refractivity contribution in [3.05, 3.63) is 60.2 Å². The number of hydrogen-bond acceptors (Lipinski definition) is 3. The Hall–Kier alpha value is -1.69. The van der Waals surface area contributed by atoms with Gasteiger partial charge in [-0.3, -0.25) is 0 Å². The predicted octanol–water partition coefficient (Wildman–Crippen LogP) is 3.37. The van der Waals surface area contributed by atoms with Crippen LogP contribution in [0.5, 0.6) is 0 Å². The van der Waals surface area contributed by atoms with E-state index in [0.717, 1.165) is 23.1 Å². The fourth-order valence-corrected chi connectivity index (χ4v) is 4.66. The minimum Gasteiger partial charge on any atom is -0.381 e. The molecule has 0 unspecified atom stereocenters. The van der Waals surface area contributed by atoms with Crippen molar-refractivity contribution < 1.29 is 13.2 Å². The van der Waals surface area contributed by atoms with Crippen molar-refractivity contribution in [1.29, 1.82) is 0 Å². The van der Waals surface area contributed by atoms with Crippen LogP contribution in [-0.4, -0.2) is 27.4 Å². The highest BCUT2D eigenvalue weighted by atomic mass is 32.2. The van der Waals surface area contributed by atoms with E-state index in [4.69, 9.17) is 4.74 Å². The quantitative estimate of drug-likeness (QED) is 0.873. The monoisotopic (exact) mass is 345 g/mol. The van der Waals surface area contributed by atoms with Crippen LogP contribution in [0.15, 0.2) is 54.6 Å². The summed E-state index contributed by atoms with van der Waals surface area (Å²) >= 11 is 0. The summed E-state index contributed by atoms with van der Waals surface area (Å²) in [5.41, 5.74) is 3.23. The van der Waals surface area contributed by atoms with E-state index in [1.165, 1.54) is 0 Å². The third-order valence-corrected chi connectivity index (χ3v) is 5.98. The maximum Gasteiger partial charge on any atom is 0.212 e. The highest BCUT2D eigenvalue weighted by Gasteiger charge is 2.24. The molecule has 0 saturated carbocycles. The highest BCUT2D eigenvalue weighted by molar-refractivity contribution is 7.89. The molecule has 1 aliphatic rings. The molecule has 0 amide bonds. The number of nitrogens with one attached hydrogen (secondary N) is 1. The number of benzene rings is 2. The Kier molecular flexibility index (Phi) is 5.33. The van der Waals surface area contributed by atoms with E-state index in [0.29, 0.717) is 13.2 Å². The molecule has 1 heterocycles. The first kappa shape index (κ1) is 17.1. The van der Waals surface area contributed by atoms with Crippen LogP contribution in [0, 0.1) is 5.92 Å². The van der Waals surface area contributed by atoms with Crippen LogP contribution < -0.4 is 4.72 Å². The predicted molar refractivity (Wildman–Crippen MR) is 96.1 cm³/mol. The van der Waals surface area contributed by atoms with Gasteiger partial charge in [-0.15, -0.1) is 0 Å². The van der Waals surface area contributed by atoms with E-state index < -0.39 is 10.0 Å². The van der Waals surface area contributed by atoms with E-state index in [9.17, 15) is 8.42 Å². The van der Waals surface area contributed by atoms with Crippen LogP contribution in [0.3, 0.4) is 0 Å². The fourth-order valence-electron chi connectivity index (χ4n) is 3.01. The lowest BCUT2D eigenvalue weighted by Crippen LogP contribution is -2.32. The second kappa shape index (κ2) is 7.47. The smallest absolute Gasteiger partial charge is 0.212 e. The van der Waals surface area contributed by atoms with E-state index >= 15 is 0 Å². The van der Waals surface area contributed by atoms with Crippen LogP contribution in [0.4, 0.5) is 0 Å². The number of ether oxygens (including phenoxy) is 1. The standard InChI is InChI=1S/C19H23NO3S/c1-15(20-24(21,22)14-16-11-12-23-13-16)17-7-9-19(10-8-17)18-5-3-2-4-6-18/h2-10,15-16,20H,11-14H2,1H3/t15-,16+/m0/s1. The van der Waals surface area contributed by atoms with E-state index in [2.05, 4.69) is 16.9 Å². The summed E-state index contributed by atoms with van der Waals surface area (Å²) in [6, 6.07) is 17.9. The molecular formula is C19H23NO3S. The molecule has 0 aromatic heterocycles. The lowest BCUT2D eigenvalue weighted by molar-refractivity contribution is 0.188. The average Bonchev–Trinajstić information content (AvgIpc) is 3.07. The van der Waals surface area contributed by atoms with Crippen LogP contribution >= 0.6 is 0 Å². The first-order valence-corrected chi connectivity index (χ1v) is 9.92. The molecule has 1 fully saturated rings. The summed E-state index contributed by atoms with van der Waals surface area (Å²) in [7, 11) is -3.30. The molecule has 24 heavy (non-hydrogen) atoms. The van der Waals surface area contributed by atoms with Gasteiger partial charge in [0, 0.05) is 12.6 Å². The number of rotatable bonds is 6. The van der Waals surface area contributed by atoms with Gasteiger partial charge in [-0.1, -0.05) is 54.6 Å². The highest BCUT2D eigenvalue weighted by Crippen LogP contribution is 2.22. The fraction of sp³-hybridized carbons (Fsp3) is 0.368. The van der Waals surface area contributed by atoms with Crippen molar-refractivity contribution in [2.24, 2.45) is 5.92 Å². The van der Waals surface area contributed by atoms with Gasteiger partial charge in [-0.05, 0) is 36.0 Å². The molecule has 1 aliphatic heterocycles. The summed E-state index contributed by atoms with van der Waals surface area (Å²) in [5.74, 6) is 0.245. The van der Waals surface area contributed by atoms with Gasteiger partial charge in [0.25, 0.3) is 0 Å². The summed E-state index contributed by atoms with van der Waals surface area (Å²) < 4.78 is 32.6. The molecule has 2 aromatic carbocycles. The van der Waals surface area contributed by atoms with Gasteiger partial charge in [0.2, 0.25) is 10.0 Å². The van der Waals surface area contributed by atoms with Crippen molar-refractivity contribution in [2.45, 2.75) is 19.4 Å². The minimum absolute atomic E-state index is 0.107. The maximum absolute atomic E-state index is 12.3. The Morgan fingerprint density at radius 3 is 2.38 bits per heavy atom. The molecule has 0 radical (unpaired) electrons. The molecule has 5 heteroatoms. The Labute approximate surface area is 143 Å². The van der Waals surface area contributed by atoms with Gasteiger partial charge < -0.3 is 4.74 Å². The molecule has 2 atom stereocenters. The summed E-state index contributed by atoms with van der Waals surface area (Å²) in [6.45, 7) is 3.08. The largest absolute Gasteiger partial charge is 0.381 e. The van der Waals surface area contributed by atoms with Crippen LogP contribution in [0.1, 0.15) is 24.9 Å². The van der Waals surface area contributed by atoms with E-state index in [-0.39, 0.29) is 17.7 Å². The van der Waals surface area contributed by atoms with Crippen LogP contribution in [0.25, 0.3) is 11.1 Å². The van der Waals surface area contributed by atoms with E-state index in [1.807, 2.05) is 49.4 Å². The summed E-state index contributed by atoms with van der Waals surface area (Å²) in [5, 5.41) is 0. The topological polar surface area (TPSA) is 55.4 Å². The Morgan fingerprint density at radius 2 is 1.75 bits per heavy atom. The Balaban J connectivity index is 1.65. The summed E-state index contributed by atoms with van der Waals surface area (Å²) in [6.07, 6.45) is 0.820. The maximum atomic E-state index is 12.3. The van der Waals surface area contributed by atoms with E-state index in [1.54, 1.807) is 0 Å². The first-order chi connectivity index (χ1) is 11.5. The number of hydrogen-bond donors (Lipinski definition) is 1. The molecule has 1 N–H and O–H groups in total. The van der Waals surface area contributed by atoms with Crippen molar-refractivity contribution in [3.63, 3.8) is 0 Å². The van der Waals surface area contributed by atoms with Gasteiger partial charge in [0.15, 0.2) is 0 Å². The summed E-state index contributed by atoms with van der Waals surface area (Å²) in [4.78, 5) is 0. The lowest BCUT2D eigenvalue weighted by atomic mass is 10.0. The van der Waals surface area contributed by atoms with Crippen molar-refractivity contribution in [2.75, 3.05) is 19.0 Å². The minimum atomic E-state index is -3.30. The zero-order valence-corrected chi connectivity index (χ0v) is 14.6. The second-order valence-corrected chi connectivity index (χ2v) is 8.14. The second-order valence-electron chi connectivity index (χ2n) is 6.34. The van der Waals surface area contributed by atoms with Gasteiger partial charge in [0.1, 0.15) is 0 Å². The SMILES string of the molecule is C[C@H](NS(=O)(=O)C[C@@H]1CCOC1)c1ccc(-c2ccccc2)cc1. The third kappa shape index (κ3) is 4.44. The zero-order valence-electron chi connectivity index (χ0n) is 13.8. The molecule has 128 valence electrons. The Bertz CT molecular complexity index is 751. The molecule has 1 saturated heterocycles. The van der Waals surface area contributed by atoms with Gasteiger partial charge in [-0.25, -0.2) is 13.1 Å². The molecule has 2 aromatic rings. The Morgan fingerprint density at radius 1 is 1.08 bits per heavy atom. The number of sulfonamides is 1. The third-order valence-electron chi connectivity index (χ3n) is 4.35. The van der Waals surface area contributed by atoms with Crippen LogP contribution in [-0.2, 0) is 14.8 Å². The van der Waals surface area contributed by atoms with Crippen molar-refractivity contribution in [3.8, 4) is 11.1 Å². The molecule has 0 bridgehead atoms.